The molecule has 21 heavy (non-hydrogen) atoms. The molecular weight excluding hydrogens is 269 g/mol. The first kappa shape index (κ1) is 14.8. The number of amides is 1. The summed E-state index contributed by atoms with van der Waals surface area (Å²) >= 11 is 0. The summed E-state index contributed by atoms with van der Waals surface area (Å²) in [6.07, 6.45) is 0. The van der Waals surface area contributed by atoms with Gasteiger partial charge in [-0.15, -0.1) is 0 Å². The van der Waals surface area contributed by atoms with Gasteiger partial charge in [0, 0.05) is 18.3 Å². The standard InChI is InChI=1S/C17H14FNO2/c1-19(15-7-3-2-4-8-15)17(21)14-10-9-13(6-5-11-20)16(18)12-14/h2-4,7-10,12,20H,11H2,1H3. The Kier molecular flexibility index (Phi) is 4.70. The summed E-state index contributed by atoms with van der Waals surface area (Å²) in [5.41, 5.74) is 1.13. The van der Waals surface area contributed by atoms with Gasteiger partial charge in [-0.2, -0.15) is 0 Å². The molecule has 2 aromatic carbocycles. The van der Waals surface area contributed by atoms with Gasteiger partial charge in [-0.3, -0.25) is 4.79 Å². The number of anilines is 1. The van der Waals surface area contributed by atoms with Crippen molar-refractivity contribution in [2.45, 2.75) is 0 Å². The molecule has 0 radical (unpaired) electrons. The summed E-state index contributed by atoms with van der Waals surface area (Å²) in [5.74, 6) is 3.98. The van der Waals surface area contributed by atoms with E-state index in [0.717, 1.165) is 11.8 Å². The third-order valence-corrected chi connectivity index (χ3v) is 2.97. The van der Waals surface area contributed by atoms with Gasteiger partial charge in [0.2, 0.25) is 0 Å². The molecule has 1 amide bonds. The molecule has 0 heterocycles. The van der Waals surface area contributed by atoms with Crippen molar-refractivity contribution in [3.63, 3.8) is 0 Å². The van der Waals surface area contributed by atoms with Crippen LogP contribution in [0.2, 0.25) is 0 Å². The molecule has 2 aromatic rings. The number of aliphatic hydroxyl groups is 1. The first-order chi connectivity index (χ1) is 10.1. The Bertz CT molecular complexity index is 702. The monoisotopic (exact) mass is 283 g/mol. The van der Waals surface area contributed by atoms with Crippen LogP contribution in [0.1, 0.15) is 15.9 Å². The van der Waals surface area contributed by atoms with Gasteiger partial charge in [0.25, 0.3) is 5.91 Å². The van der Waals surface area contributed by atoms with Gasteiger partial charge in [-0.1, -0.05) is 30.0 Å². The fourth-order valence-corrected chi connectivity index (χ4v) is 1.85. The molecule has 4 heteroatoms. The number of aliphatic hydroxyl groups excluding tert-OH is 1. The van der Waals surface area contributed by atoms with Crippen LogP contribution in [-0.2, 0) is 0 Å². The zero-order valence-electron chi connectivity index (χ0n) is 11.5. The van der Waals surface area contributed by atoms with Gasteiger partial charge in [0.15, 0.2) is 0 Å². The number of para-hydroxylation sites is 1. The highest BCUT2D eigenvalue weighted by atomic mass is 19.1. The van der Waals surface area contributed by atoms with E-state index in [4.69, 9.17) is 5.11 Å². The van der Waals surface area contributed by atoms with Crippen molar-refractivity contribution in [3.8, 4) is 11.8 Å². The molecule has 3 nitrogen and oxygen atoms in total. The number of benzene rings is 2. The Morgan fingerprint density at radius 3 is 2.57 bits per heavy atom. The minimum atomic E-state index is -0.580. The Hall–Kier alpha value is -2.64. The van der Waals surface area contributed by atoms with E-state index in [9.17, 15) is 9.18 Å². The topological polar surface area (TPSA) is 40.5 Å². The predicted octanol–water partition coefficient (Wildman–Crippen LogP) is 2.45. The van der Waals surface area contributed by atoms with Gasteiger partial charge in [-0.25, -0.2) is 4.39 Å². The van der Waals surface area contributed by atoms with Crippen molar-refractivity contribution in [2.75, 3.05) is 18.6 Å². The molecule has 1 N–H and O–H groups in total. The van der Waals surface area contributed by atoms with Crippen LogP contribution in [0.25, 0.3) is 0 Å². The smallest absolute Gasteiger partial charge is 0.258 e. The minimum absolute atomic E-state index is 0.156. The van der Waals surface area contributed by atoms with E-state index in [2.05, 4.69) is 11.8 Å². The average Bonchev–Trinajstić information content (AvgIpc) is 2.53. The Morgan fingerprint density at radius 1 is 1.24 bits per heavy atom. The predicted molar refractivity (Wildman–Crippen MR) is 79.5 cm³/mol. The summed E-state index contributed by atoms with van der Waals surface area (Å²) in [5, 5.41) is 8.60. The van der Waals surface area contributed by atoms with E-state index < -0.39 is 5.82 Å². The second-order valence-electron chi connectivity index (χ2n) is 4.35. The molecule has 0 aliphatic rings. The largest absolute Gasteiger partial charge is 0.384 e. The van der Waals surface area contributed by atoms with Crippen LogP contribution < -0.4 is 4.90 Å². The molecule has 0 saturated carbocycles. The average molecular weight is 283 g/mol. The molecular formula is C17H14FNO2. The van der Waals surface area contributed by atoms with Crippen molar-refractivity contribution in [2.24, 2.45) is 0 Å². The highest BCUT2D eigenvalue weighted by molar-refractivity contribution is 6.05. The van der Waals surface area contributed by atoms with Crippen molar-refractivity contribution in [1.82, 2.24) is 0 Å². The van der Waals surface area contributed by atoms with Crippen LogP contribution in [0.15, 0.2) is 48.5 Å². The molecule has 0 fully saturated rings. The number of nitrogens with zero attached hydrogens (tertiary/aromatic N) is 1. The highest BCUT2D eigenvalue weighted by Gasteiger charge is 2.14. The van der Waals surface area contributed by atoms with Gasteiger partial charge < -0.3 is 10.0 Å². The zero-order valence-corrected chi connectivity index (χ0v) is 11.5. The SMILES string of the molecule is CN(C(=O)c1ccc(C#CCO)c(F)c1)c1ccccc1. The summed E-state index contributed by atoms with van der Waals surface area (Å²) < 4.78 is 13.8. The second-order valence-corrected chi connectivity index (χ2v) is 4.35. The van der Waals surface area contributed by atoms with Crippen LogP contribution >= 0.6 is 0 Å². The fourth-order valence-electron chi connectivity index (χ4n) is 1.85. The van der Waals surface area contributed by atoms with E-state index in [1.807, 2.05) is 18.2 Å². The first-order valence-electron chi connectivity index (χ1n) is 6.36. The van der Waals surface area contributed by atoms with Crippen molar-refractivity contribution in [3.05, 3.63) is 65.5 Å². The van der Waals surface area contributed by atoms with Crippen molar-refractivity contribution >= 4 is 11.6 Å². The normalized spacial score (nSPS) is 9.67. The summed E-state index contributed by atoms with van der Waals surface area (Å²) in [6, 6.07) is 13.2. The lowest BCUT2D eigenvalue weighted by atomic mass is 10.1. The van der Waals surface area contributed by atoms with Crippen molar-refractivity contribution < 1.29 is 14.3 Å². The van der Waals surface area contributed by atoms with E-state index in [-0.39, 0.29) is 23.6 Å². The van der Waals surface area contributed by atoms with Crippen molar-refractivity contribution in [1.29, 1.82) is 0 Å². The fraction of sp³-hybridized carbons (Fsp3) is 0.118. The third kappa shape index (κ3) is 3.47. The summed E-state index contributed by atoms with van der Waals surface area (Å²) in [7, 11) is 1.63. The Morgan fingerprint density at radius 2 is 1.95 bits per heavy atom. The number of carbonyl (C=O) groups excluding carboxylic acids is 1. The molecule has 0 aromatic heterocycles. The molecule has 2 rings (SSSR count). The van der Waals surface area contributed by atoms with E-state index in [1.54, 1.807) is 19.2 Å². The van der Waals surface area contributed by atoms with Gasteiger partial charge in [0.1, 0.15) is 12.4 Å². The summed E-state index contributed by atoms with van der Waals surface area (Å²) in [4.78, 5) is 13.8. The molecule has 0 aliphatic carbocycles. The zero-order chi connectivity index (χ0) is 15.2. The molecule has 106 valence electrons. The quantitative estimate of drug-likeness (QED) is 0.860. The first-order valence-corrected chi connectivity index (χ1v) is 6.36. The van der Waals surface area contributed by atoms with Crippen LogP contribution in [0, 0.1) is 17.7 Å². The summed E-state index contributed by atoms with van der Waals surface area (Å²) in [6.45, 7) is -0.336. The Balaban J connectivity index is 2.26. The maximum Gasteiger partial charge on any atom is 0.258 e. The van der Waals surface area contributed by atoms with E-state index in [1.165, 1.54) is 17.0 Å². The van der Waals surface area contributed by atoms with E-state index in [0.29, 0.717) is 0 Å². The number of rotatable bonds is 2. The highest BCUT2D eigenvalue weighted by Crippen LogP contribution is 2.16. The van der Waals surface area contributed by atoms with Crippen LogP contribution in [0.3, 0.4) is 0 Å². The number of halogens is 1. The maximum atomic E-state index is 13.8. The van der Waals surface area contributed by atoms with Crippen LogP contribution in [0.5, 0.6) is 0 Å². The molecule has 0 bridgehead atoms. The Labute approximate surface area is 122 Å². The van der Waals surface area contributed by atoms with Gasteiger partial charge in [-0.05, 0) is 30.3 Å². The van der Waals surface area contributed by atoms with E-state index >= 15 is 0 Å². The lowest BCUT2D eigenvalue weighted by molar-refractivity contribution is 0.0992. The minimum Gasteiger partial charge on any atom is -0.384 e. The van der Waals surface area contributed by atoms with Crippen LogP contribution in [0.4, 0.5) is 10.1 Å². The molecule has 0 atom stereocenters. The number of hydrogen-bond donors (Lipinski definition) is 1. The molecule has 0 spiro atoms. The lowest BCUT2D eigenvalue weighted by Gasteiger charge is -2.17. The lowest BCUT2D eigenvalue weighted by Crippen LogP contribution is -2.26. The number of carbonyl (C=O) groups is 1. The van der Waals surface area contributed by atoms with Crippen LogP contribution in [-0.4, -0.2) is 24.7 Å². The molecule has 0 unspecified atom stereocenters. The number of hydrogen-bond acceptors (Lipinski definition) is 2. The molecule has 0 saturated heterocycles. The van der Waals surface area contributed by atoms with Gasteiger partial charge >= 0.3 is 0 Å². The third-order valence-electron chi connectivity index (χ3n) is 2.97. The maximum absolute atomic E-state index is 13.8. The molecule has 0 aliphatic heterocycles. The van der Waals surface area contributed by atoms with Gasteiger partial charge in [0.05, 0.1) is 5.56 Å². The second kappa shape index (κ2) is 6.69.